The van der Waals surface area contributed by atoms with Crippen LogP contribution in [0, 0.1) is 11.8 Å². The molecule has 34 heavy (non-hydrogen) atoms. The molecule has 0 aromatic heterocycles. The van der Waals surface area contributed by atoms with Crippen LogP contribution >= 0.6 is 0 Å². The zero-order chi connectivity index (χ0) is 24.0. The van der Waals surface area contributed by atoms with Gasteiger partial charge in [0.15, 0.2) is 11.5 Å². The van der Waals surface area contributed by atoms with Crippen molar-refractivity contribution in [3.63, 3.8) is 0 Å². The Morgan fingerprint density at radius 1 is 1.15 bits per heavy atom. The Labute approximate surface area is 200 Å². The van der Waals surface area contributed by atoms with E-state index in [1.165, 1.54) is 7.11 Å². The molecule has 2 aromatic rings. The molecule has 0 N–H and O–H groups in total. The summed E-state index contributed by atoms with van der Waals surface area (Å²) >= 11 is 0. The molecule has 2 atom stereocenters. The van der Waals surface area contributed by atoms with Gasteiger partial charge in [-0.25, -0.2) is 0 Å². The fourth-order valence-electron chi connectivity index (χ4n) is 4.71. The number of fused-ring (bicyclic) bond motifs is 1. The molecular formula is C28H31NO5. The summed E-state index contributed by atoms with van der Waals surface area (Å²) in [6.45, 7) is 4.40. The highest BCUT2D eigenvalue weighted by atomic mass is 16.5. The van der Waals surface area contributed by atoms with Gasteiger partial charge in [-0.1, -0.05) is 30.3 Å². The third kappa shape index (κ3) is 4.29. The summed E-state index contributed by atoms with van der Waals surface area (Å²) in [5.74, 6) is 1.43. The van der Waals surface area contributed by atoms with Crippen molar-refractivity contribution in [3.05, 3.63) is 59.2 Å². The normalized spacial score (nSPS) is 21.8. The summed E-state index contributed by atoms with van der Waals surface area (Å²) in [6.07, 6.45) is 6.71. The highest BCUT2D eigenvalue weighted by Crippen LogP contribution is 2.49. The number of carbonyl (C=O) groups excluding carboxylic acids is 2. The smallest absolute Gasteiger partial charge is 0.309 e. The van der Waals surface area contributed by atoms with Crippen molar-refractivity contribution in [3.8, 4) is 11.5 Å². The number of amides is 1. The van der Waals surface area contributed by atoms with Crippen LogP contribution in [0.15, 0.2) is 42.5 Å². The van der Waals surface area contributed by atoms with E-state index in [0.717, 1.165) is 41.6 Å². The maximum absolute atomic E-state index is 13.4. The molecule has 0 bridgehead atoms. The lowest BCUT2D eigenvalue weighted by atomic mass is 9.99. The number of nitrogens with zero attached hydrogens (tertiary/aromatic N) is 1. The molecule has 6 nitrogen and oxygen atoms in total. The van der Waals surface area contributed by atoms with E-state index < -0.39 is 5.60 Å². The van der Waals surface area contributed by atoms with Crippen LogP contribution in [-0.4, -0.2) is 31.7 Å². The van der Waals surface area contributed by atoms with E-state index >= 15 is 0 Å². The Kier molecular flexibility index (Phi) is 5.62. The van der Waals surface area contributed by atoms with Crippen molar-refractivity contribution in [2.24, 2.45) is 11.8 Å². The zero-order valence-electron chi connectivity index (χ0n) is 20.2. The predicted octanol–water partition coefficient (Wildman–Crippen LogP) is 5.10. The Morgan fingerprint density at radius 2 is 1.94 bits per heavy atom. The van der Waals surface area contributed by atoms with Gasteiger partial charge in [0.2, 0.25) is 5.91 Å². The van der Waals surface area contributed by atoms with Crippen molar-refractivity contribution in [2.45, 2.75) is 51.2 Å². The second-order valence-corrected chi connectivity index (χ2v) is 9.98. The molecule has 178 valence electrons. The third-order valence-corrected chi connectivity index (χ3v) is 6.88. The van der Waals surface area contributed by atoms with Gasteiger partial charge in [-0.05, 0) is 62.8 Å². The van der Waals surface area contributed by atoms with Crippen molar-refractivity contribution in [1.29, 1.82) is 0 Å². The zero-order valence-corrected chi connectivity index (χ0v) is 20.2. The minimum Gasteiger partial charge on any atom is -0.492 e. The minimum atomic E-state index is -0.433. The van der Waals surface area contributed by atoms with Crippen molar-refractivity contribution >= 4 is 23.6 Å². The van der Waals surface area contributed by atoms with E-state index in [2.05, 4.69) is 6.08 Å². The van der Waals surface area contributed by atoms with Gasteiger partial charge in [-0.15, -0.1) is 0 Å². The summed E-state index contributed by atoms with van der Waals surface area (Å²) in [7, 11) is 3.07. The van der Waals surface area contributed by atoms with Crippen molar-refractivity contribution in [2.75, 3.05) is 19.1 Å². The van der Waals surface area contributed by atoms with E-state index in [9.17, 15) is 9.59 Å². The fourth-order valence-corrected chi connectivity index (χ4v) is 4.71. The number of esters is 1. The molecule has 3 aliphatic rings. The number of carbonyl (C=O) groups is 2. The second-order valence-electron chi connectivity index (χ2n) is 9.98. The summed E-state index contributed by atoms with van der Waals surface area (Å²) in [5.41, 5.74) is 3.33. The lowest BCUT2D eigenvalue weighted by molar-refractivity contribution is -0.142. The van der Waals surface area contributed by atoms with E-state index in [-0.39, 0.29) is 29.6 Å². The fraction of sp³-hybridized carbons (Fsp3) is 0.429. The second kappa shape index (κ2) is 8.49. The van der Waals surface area contributed by atoms with E-state index in [4.69, 9.17) is 14.2 Å². The largest absolute Gasteiger partial charge is 0.492 e. The molecule has 1 heterocycles. The van der Waals surface area contributed by atoms with E-state index in [1.54, 1.807) is 7.11 Å². The number of rotatable bonds is 7. The molecule has 0 radical (unpaired) electrons. The van der Waals surface area contributed by atoms with Gasteiger partial charge in [-0.2, -0.15) is 0 Å². The number of hydrogen-bond donors (Lipinski definition) is 0. The van der Waals surface area contributed by atoms with Gasteiger partial charge >= 0.3 is 5.97 Å². The molecule has 5 rings (SSSR count). The summed E-state index contributed by atoms with van der Waals surface area (Å²) in [4.78, 5) is 27.2. The maximum Gasteiger partial charge on any atom is 0.309 e. The summed E-state index contributed by atoms with van der Waals surface area (Å²) in [6, 6.07) is 12.0. The Balaban J connectivity index is 1.47. The van der Waals surface area contributed by atoms with Crippen molar-refractivity contribution < 1.29 is 23.8 Å². The first-order valence-corrected chi connectivity index (χ1v) is 11.9. The SMILES string of the molecule is COC(=O)C1CC1c1cccc(N(Cc2ccc3c(c2OC)OC(C)(C)C=C3)C(=O)C2CC2)c1. The average molecular weight is 462 g/mol. The number of methoxy groups -OCH3 is 2. The Morgan fingerprint density at radius 3 is 2.65 bits per heavy atom. The van der Waals surface area contributed by atoms with E-state index in [1.807, 2.05) is 61.2 Å². The van der Waals surface area contributed by atoms with Gasteiger partial charge in [0, 0.05) is 22.7 Å². The van der Waals surface area contributed by atoms with Crippen LogP contribution in [0.3, 0.4) is 0 Å². The summed E-state index contributed by atoms with van der Waals surface area (Å²) in [5, 5.41) is 0. The quantitative estimate of drug-likeness (QED) is 0.537. The lowest BCUT2D eigenvalue weighted by Gasteiger charge is -2.31. The molecule has 2 aliphatic carbocycles. The van der Waals surface area contributed by atoms with Crippen LogP contribution < -0.4 is 14.4 Å². The first kappa shape index (κ1) is 22.5. The molecule has 1 amide bonds. The average Bonchev–Trinajstić information content (AvgIpc) is 3.74. The Hall–Kier alpha value is -3.28. The standard InChI is InChI=1S/C28H31NO5/c1-28(2)13-12-17-8-11-20(24(32-3)25(17)34-28)16-29(26(30)18-9-10-18)21-7-5-6-19(14-21)22-15-23(22)27(31)33-4/h5-8,11-14,18,22-23H,9-10,15-16H2,1-4H3. The maximum atomic E-state index is 13.4. The molecule has 1 aliphatic heterocycles. The number of anilines is 1. The molecule has 0 spiro atoms. The highest BCUT2D eigenvalue weighted by molar-refractivity contribution is 5.96. The first-order chi connectivity index (χ1) is 16.3. The van der Waals surface area contributed by atoms with Crippen LogP contribution in [0.25, 0.3) is 6.08 Å². The first-order valence-electron chi connectivity index (χ1n) is 11.9. The van der Waals surface area contributed by atoms with E-state index in [0.29, 0.717) is 18.0 Å². The van der Waals surface area contributed by atoms with Crippen LogP contribution in [0.2, 0.25) is 0 Å². The number of benzene rings is 2. The van der Waals surface area contributed by atoms with Crippen LogP contribution in [0.1, 0.15) is 55.7 Å². The topological polar surface area (TPSA) is 65.1 Å². The molecule has 2 aromatic carbocycles. The van der Waals surface area contributed by atoms with Crippen molar-refractivity contribution in [1.82, 2.24) is 0 Å². The molecular weight excluding hydrogens is 430 g/mol. The minimum absolute atomic E-state index is 0.0640. The van der Waals surface area contributed by atoms with Gasteiger partial charge in [-0.3, -0.25) is 9.59 Å². The van der Waals surface area contributed by atoms with Crippen LogP contribution in [0.5, 0.6) is 11.5 Å². The van der Waals surface area contributed by atoms with Gasteiger partial charge < -0.3 is 19.1 Å². The third-order valence-electron chi connectivity index (χ3n) is 6.88. The molecule has 0 saturated heterocycles. The number of ether oxygens (including phenoxy) is 3. The van der Waals surface area contributed by atoms with Gasteiger partial charge in [0.25, 0.3) is 0 Å². The summed E-state index contributed by atoms with van der Waals surface area (Å²) < 4.78 is 17.0. The van der Waals surface area contributed by atoms with Crippen LogP contribution in [0.4, 0.5) is 5.69 Å². The van der Waals surface area contributed by atoms with Gasteiger partial charge in [0.05, 0.1) is 26.7 Å². The van der Waals surface area contributed by atoms with Gasteiger partial charge in [0.1, 0.15) is 5.60 Å². The monoisotopic (exact) mass is 461 g/mol. The number of hydrogen-bond acceptors (Lipinski definition) is 5. The molecule has 2 saturated carbocycles. The Bertz CT molecular complexity index is 1160. The predicted molar refractivity (Wildman–Crippen MR) is 130 cm³/mol. The van der Waals surface area contributed by atoms with Crippen LogP contribution in [-0.2, 0) is 20.9 Å². The lowest BCUT2D eigenvalue weighted by Crippen LogP contribution is -2.32. The molecule has 2 fully saturated rings. The highest BCUT2D eigenvalue weighted by Gasteiger charge is 2.45. The molecule has 6 heteroatoms. The molecule has 2 unspecified atom stereocenters.